The average Bonchev–Trinajstić information content (AvgIpc) is 3.15. The highest BCUT2D eigenvalue weighted by Gasteiger charge is 2.36. The third-order valence-corrected chi connectivity index (χ3v) is 5.00. The third kappa shape index (κ3) is 2.42. The fourth-order valence-corrected chi connectivity index (χ4v) is 3.27. The van der Waals surface area contributed by atoms with E-state index in [0.717, 1.165) is 18.0 Å². The summed E-state index contributed by atoms with van der Waals surface area (Å²) in [4.78, 5) is 14.5. The monoisotopic (exact) mass is 347 g/mol. The fraction of sp³-hybridized carbons (Fsp3) is 0.583. The van der Waals surface area contributed by atoms with Crippen molar-refractivity contribution in [3.05, 3.63) is 19.9 Å². The van der Waals surface area contributed by atoms with Gasteiger partial charge < -0.3 is 4.90 Å². The Labute approximate surface area is 113 Å². The molecule has 0 unspecified atom stereocenters. The van der Waals surface area contributed by atoms with E-state index in [1.165, 1.54) is 28.6 Å². The summed E-state index contributed by atoms with van der Waals surface area (Å²) in [6.07, 6.45) is 5.05. The Morgan fingerprint density at radius 3 is 2.69 bits per heavy atom. The SMILES string of the molecule is O=C(c1csc(I)c1)N(CC1CC1)C1CC1. The molecule has 0 spiro atoms. The summed E-state index contributed by atoms with van der Waals surface area (Å²) in [5.41, 5.74) is 0.891. The summed E-state index contributed by atoms with van der Waals surface area (Å²) in [5.74, 6) is 1.05. The van der Waals surface area contributed by atoms with Crippen molar-refractivity contribution >= 4 is 39.8 Å². The molecule has 86 valence electrons. The van der Waals surface area contributed by atoms with Gasteiger partial charge in [0.2, 0.25) is 0 Å². The molecule has 1 aromatic heterocycles. The van der Waals surface area contributed by atoms with Crippen LogP contribution in [-0.2, 0) is 0 Å². The van der Waals surface area contributed by atoms with E-state index in [4.69, 9.17) is 0 Å². The van der Waals surface area contributed by atoms with Crippen molar-refractivity contribution in [2.24, 2.45) is 5.92 Å². The fourth-order valence-electron chi connectivity index (χ4n) is 1.95. The standard InChI is InChI=1S/C12H14INOS/c13-11-5-9(7-16-11)12(15)14(10-3-4-10)6-8-1-2-8/h5,7-8,10H,1-4,6H2. The molecule has 0 bridgehead atoms. The van der Waals surface area contributed by atoms with Gasteiger partial charge in [0.15, 0.2) is 0 Å². The zero-order valence-corrected chi connectivity index (χ0v) is 12.0. The number of hydrogen-bond acceptors (Lipinski definition) is 2. The number of amides is 1. The van der Waals surface area contributed by atoms with Gasteiger partial charge in [-0.1, -0.05) is 0 Å². The second-order valence-electron chi connectivity index (χ2n) is 4.77. The highest BCUT2D eigenvalue weighted by atomic mass is 127. The maximum atomic E-state index is 12.3. The van der Waals surface area contributed by atoms with E-state index in [1.54, 1.807) is 11.3 Å². The Balaban J connectivity index is 1.74. The Morgan fingerprint density at radius 1 is 1.44 bits per heavy atom. The molecule has 2 aliphatic carbocycles. The molecule has 1 heterocycles. The smallest absolute Gasteiger partial charge is 0.254 e. The van der Waals surface area contributed by atoms with Gasteiger partial charge in [0.05, 0.1) is 8.45 Å². The number of rotatable bonds is 4. The average molecular weight is 347 g/mol. The van der Waals surface area contributed by atoms with E-state index in [1.807, 2.05) is 11.4 Å². The maximum absolute atomic E-state index is 12.3. The van der Waals surface area contributed by atoms with E-state index in [0.29, 0.717) is 6.04 Å². The first-order valence-corrected chi connectivity index (χ1v) is 7.75. The Kier molecular flexibility index (Phi) is 2.96. The lowest BCUT2D eigenvalue weighted by atomic mass is 10.2. The quantitative estimate of drug-likeness (QED) is 0.765. The maximum Gasteiger partial charge on any atom is 0.254 e. The molecule has 2 aliphatic rings. The molecule has 0 aromatic carbocycles. The van der Waals surface area contributed by atoms with E-state index < -0.39 is 0 Å². The van der Waals surface area contributed by atoms with Crippen molar-refractivity contribution in [2.75, 3.05) is 6.54 Å². The van der Waals surface area contributed by atoms with Crippen LogP contribution in [0.5, 0.6) is 0 Å². The second-order valence-corrected chi connectivity index (χ2v) is 7.58. The van der Waals surface area contributed by atoms with Gasteiger partial charge in [0.1, 0.15) is 0 Å². The molecular formula is C12H14INOS. The molecule has 3 rings (SSSR count). The van der Waals surface area contributed by atoms with Crippen LogP contribution in [0.1, 0.15) is 36.0 Å². The first-order chi connectivity index (χ1) is 7.74. The number of hydrogen-bond donors (Lipinski definition) is 0. The molecule has 2 saturated carbocycles. The molecule has 2 nitrogen and oxygen atoms in total. The topological polar surface area (TPSA) is 20.3 Å². The van der Waals surface area contributed by atoms with Crippen molar-refractivity contribution in [3.8, 4) is 0 Å². The lowest BCUT2D eigenvalue weighted by Crippen LogP contribution is -2.34. The molecule has 0 aliphatic heterocycles. The lowest BCUT2D eigenvalue weighted by Gasteiger charge is -2.21. The van der Waals surface area contributed by atoms with Crippen molar-refractivity contribution in [3.63, 3.8) is 0 Å². The van der Waals surface area contributed by atoms with E-state index in [2.05, 4.69) is 27.5 Å². The van der Waals surface area contributed by atoms with Gasteiger partial charge in [-0.15, -0.1) is 11.3 Å². The van der Waals surface area contributed by atoms with Crippen LogP contribution in [0.25, 0.3) is 0 Å². The zero-order chi connectivity index (χ0) is 11.1. The van der Waals surface area contributed by atoms with Gasteiger partial charge in [-0.25, -0.2) is 0 Å². The summed E-state index contributed by atoms with van der Waals surface area (Å²) in [6, 6.07) is 2.56. The molecule has 0 N–H and O–H groups in total. The molecule has 4 heteroatoms. The minimum atomic E-state index is 0.258. The van der Waals surface area contributed by atoms with Crippen molar-refractivity contribution in [1.82, 2.24) is 4.90 Å². The predicted molar refractivity (Wildman–Crippen MR) is 73.8 cm³/mol. The van der Waals surface area contributed by atoms with E-state index in [9.17, 15) is 4.79 Å². The first-order valence-electron chi connectivity index (χ1n) is 5.79. The van der Waals surface area contributed by atoms with Crippen LogP contribution in [0.15, 0.2) is 11.4 Å². The van der Waals surface area contributed by atoms with Crippen LogP contribution in [-0.4, -0.2) is 23.4 Å². The van der Waals surface area contributed by atoms with Gasteiger partial charge in [0, 0.05) is 18.0 Å². The highest BCUT2D eigenvalue weighted by Crippen LogP contribution is 2.36. The van der Waals surface area contributed by atoms with Crippen LogP contribution in [0, 0.1) is 8.80 Å². The van der Waals surface area contributed by atoms with Crippen LogP contribution >= 0.6 is 33.9 Å². The summed E-state index contributed by atoms with van der Waals surface area (Å²) in [6.45, 7) is 0.996. The van der Waals surface area contributed by atoms with E-state index >= 15 is 0 Å². The summed E-state index contributed by atoms with van der Waals surface area (Å²) < 4.78 is 1.20. The first kappa shape index (κ1) is 11.0. The van der Waals surface area contributed by atoms with Crippen LogP contribution in [0.2, 0.25) is 0 Å². The number of halogens is 1. The van der Waals surface area contributed by atoms with Crippen LogP contribution in [0.4, 0.5) is 0 Å². The van der Waals surface area contributed by atoms with Crippen molar-refractivity contribution in [1.29, 1.82) is 0 Å². The molecule has 0 radical (unpaired) electrons. The Morgan fingerprint density at radius 2 is 2.19 bits per heavy atom. The highest BCUT2D eigenvalue weighted by molar-refractivity contribution is 14.1. The van der Waals surface area contributed by atoms with Gasteiger partial charge in [0.25, 0.3) is 5.91 Å². The van der Waals surface area contributed by atoms with Gasteiger partial charge in [-0.3, -0.25) is 4.79 Å². The minimum absolute atomic E-state index is 0.258. The Hall–Kier alpha value is -0.100. The molecular weight excluding hydrogens is 333 g/mol. The number of carbonyl (C=O) groups is 1. The van der Waals surface area contributed by atoms with Crippen LogP contribution < -0.4 is 0 Å². The number of nitrogens with zero attached hydrogens (tertiary/aromatic N) is 1. The molecule has 2 fully saturated rings. The largest absolute Gasteiger partial charge is 0.335 e. The number of carbonyl (C=O) groups excluding carboxylic acids is 1. The van der Waals surface area contributed by atoms with Crippen LogP contribution in [0.3, 0.4) is 0 Å². The molecule has 0 atom stereocenters. The minimum Gasteiger partial charge on any atom is -0.335 e. The van der Waals surface area contributed by atoms with Gasteiger partial charge in [-0.2, -0.15) is 0 Å². The van der Waals surface area contributed by atoms with Crippen molar-refractivity contribution in [2.45, 2.75) is 31.7 Å². The molecule has 0 saturated heterocycles. The van der Waals surface area contributed by atoms with Gasteiger partial charge in [-0.05, 0) is 60.3 Å². The number of thiophene rings is 1. The summed E-state index contributed by atoms with van der Waals surface area (Å²) >= 11 is 3.93. The molecule has 1 aromatic rings. The van der Waals surface area contributed by atoms with Crippen molar-refractivity contribution < 1.29 is 4.79 Å². The lowest BCUT2D eigenvalue weighted by molar-refractivity contribution is 0.0735. The Bertz CT molecular complexity index is 409. The predicted octanol–water partition coefficient (Wildman–Crippen LogP) is 3.37. The molecule has 16 heavy (non-hydrogen) atoms. The second kappa shape index (κ2) is 4.29. The van der Waals surface area contributed by atoms with E-state index in [-0.39, 0.29) is 5.91 Å². The van der Waals surface area contributed by atoms with Gasteiger partial charge >= 0.3 is 0 Å². The third-order valence-electron chi connectivity index (χ3n) is 3.21. The summed E-state index contributed by atoms with van der Waals surface area (Å²) in [5, 5.41) is 1.99. The zero-order valence-electron chi connectivity index (χ0n) is 8.99. The molecule has 1 amide bonds. The normalized spacial score (nSPS) is 19.8. The summed E-state index contributed by atoms with van der Waals surface area (Å²) in [7, 11) is 0.